The smallest absolute Gasteiger partial charge is 0.223 e. The molecule has 2 heterocycles. The first kappa shape index (κ1) is 13.6. The van der Waals surface area contributed by atoms with E-state index in [1.165, 1.54) is 22.9 Å². The molecule has 106 valence electrons. The van der Waals surface area contributed by atoms with Crippen molar-refractivity contribution in [2.75, 3.05) is 0 Å². The van der Waals surface area contributed by atoms with Crippen LogP contribution in [0, 0.1) is 0 Å². The predicted molar refractivity (Wildman–Crippen MR) is 79.2 cm³/mol. The summed E-state index contributed by atoms with van der Waals surface area (Å²) in [6.45, 7) is 2.15. The van der Waals surface area contributed by atoms with Crippen LogP contribution in [0.25, 0.3) is 17.3 Å². The van der Waals surface area contributed by atoms with Crippen molar-refractivity contribution in [2.45, 2.75) is 19.8 Å². The summed E-state index contributed by atoms with van der Waals surface area (Å²) >= 11 is 5.99. The lowest BCUT2D eigenvalue weighted by Gasteiger charge is -2.05. The van der Waals surface area contributed by atoms with Gasteiger partial charge >= 0.3 is 0 Å². The topological polar surface area (TPSA) is 69.4 Å². The Balaban J connectivity index is 2.04. The normalized spacial score (nSPS) is 10.8. The van der Waals surface area contributed by atoms with Gasteiger partial charge in [-0.25, -0.2) is 4.98 Å². The summed E-state index contributed by atoms with van der Waals surface area (Å²) in [5, 5.41) is 4.13. The van der Waals surface area contributed by atoms with E-state index in [0.717, 1.165) is 18.4 Å². The Morgan fingerprint density at radius 3 is 2.86 bits per heavy atom. The predicted octanol–water partition coefficient (Wildman–Crippen LogP) is 2.73. The summed E-state index contributed by atoms with van der Waals surface area (Å²) in [7, 11) is 0. The molecule has 0 fully saturated rings. The summed E-state index contributed by atoms with van der Waals surface area (Å²) < 4.78 is 1.45. The van der Waals surface area contributed by atoms with Gasteiger partial charge in [-0.1, -0.05) is 31.5 Å². The van der Waals surface area contributed by atoms with E-state index in [4.69, 9.17) is 11.6 Å². The molecule has 0 spiro atoms. The molecule has 1 aromatic carbocycles. The van der Waals surface area contributed by atoms with Gasteiger partial charge in [-0.05, 0) is 29.7 Å². The molecule has 0 amide bonds. The van der Waals surface area contributed by atoms with E-state index < -0.39 is 0 Å². The monoisotopic (exact) mass is 300 g/mol. The van der Waals surface area contributed by atoms with Crippen molar-refractivity contribution in [1.82, 2.24) is 29.7 Å². The third kappa shape index (κ3) is 3.05. The molecule has 0 saturated heterocycles. The second-order valence-electron chi connectivity index (χ2n) is 4.52. The maximum atomic E-state index is 5.99. The van der Waals surface area contributed by atoms with Crippen LogP contribution in [0.4, 0.5) is 0 Å². The number of hydrogen-bond acceptors (Lipinski definition) is 5. The van der Waals surface area contributed by atoms with Crippen LogP contribution in [-0.2, 0) is 6.42 Å². The Hall–Kier alpha value is -2.34. The highest BCUT2D eigenvalue weighted by Crippen LogP contribution is 2.19. The van der Waals surface area contributed by atoms with Crippen LogP contribution in [-0.4, -0.2) is 29.7 Å². The number of halogens is 1. The van der Waals surface area contributed by atoms with Gasteiger partial charge in [-0.2, -0.15) is 24.7 Å². The van der Waals surface area contributed by atoms with E-state index in [2.05, 4.69) is 44.1 Å². The van der Waals surface area contributed by atoms with Gasteiger partial charge < -0.3 is 0 Å². The van der Waals surface area contributed by atoms with E-state index in [1.807, 2.05) is 12.1 Å². The highest BCUT2D eigenvalue weighted by molar-refractivity contribution is 6.28. The molecular formula is C14H13ClN6. The van der Waals surface area contributed by atoms with E-state index in [-0.39, 0.29) is 5.28 Å². The molecule has 0 radical (unpaired) electrons. The molecule has 0 aliphatic rings. The number of aromatic nitrogens is 6. The lowest BCUT2D eigenvalue weighted by molar-refractivity contribution is 0.796. The minimum atomic E-state index is 0.131. The Labute approximate surface area is 126 Å². The van der Waals surface area contributed by atoms with Crippen molar-refractivity contribution in [1.29, 1.82) is 0 Å². The first-order chi connectivity index (χ1) is 10.3. The Bertz CT molecular complexity index is 741. The first-order valence-corrected chi connectivity index (χ1v) is 7.00. The number of benzene rings is 1. The maximum Gasteiger partial charge on any atom is 0.256 e. The molecule has 0 bridgehead atoms. The van der Waals surface area contributed by atoms with E-state index >= 15 is 0 Å². The minimum absolute atomic E-state index is 0.131. The van der Waals surface area contributed by atoms with Gasteiger partial charge in [0.05, 0.1) is 0 Å². The van der Waals surface area contributed by atoms with Gasteiger partial charge in [0.1, 0.15) is 12.7 Å². The quantitative estimate of drug-likeness (QED) is 0.741. The van der Waals surface area contributed by atoms with E-state index in [0.29, 0.717) is 11.8 Å². The lowest BCUT2D eigenvalue weighted by atomic mass is 10.1. The fourth-order valence-corrected chi connectivity index (χ4v) is 2.19. The van der Waals surface area contributed by atoms with Crippen LogP contribution in [0.5, 0.6) is 0 Å². The second-order valence-corrected chi connectivity index (χ2v) is 4.86. The van der Waals surface area contributed by atoms with Gasteiger partial charge in [-0.15, -0.1) is 0 Å². The van der Waals surface area contributed by atoms with Crippen LogP contribution < -0.4 is 0 Å². The fourth-order valence-electron chi connectivity index (χ4n) is 2.04. The summed E-state index contributed by atoms with van der Waals surface area (Å²) in [6.07, 6.45) is 5.04. The Morgan fingerprint density at radius 1 is 1.19 bits per heavy atom. The molecular weight excluding hydrogens is 288 g/mol. The number of aryl methyl sites for hydroxylation is 1. The summed E-state index contributed by atoms with van der Waals surface area (Å²) in [4.78, 5) is 16.5. The van der Waals surface area contributed by atoms with Crippen molar-refractivity contribution in [2.24, 2.45) is 0 Å². The van der Waals surface area contributed by atoms with Gasteiger partial charge in [0, 0.05) is 5.56 Å². The fraction of sp³-hybridized carbons (Fsp3) is 0.214. The van der Waals surface area contributed by atoms with Crippen LogP contribution in [0.2, 0.25) is 5.28 Å². The molecule has 2 aromatic heterocycles. The van der Waals surface area contributed by atoms with Gasteiger partial charge in [0.15, 0.2) is 5.82 Å². The van der Waals surface area contributed by atoms with Crippen molar-refractivity contribution >= 4 is 11.6 Å². The molecule has 7 heteroatoms. The van der Waals surface area contributed by atoms with Crippen LogP contribution >= 0.6 is 11.6 Å². The zero-order chi connectivity index (χ0) is 14.7. The maximum absolute atomic E-state index is 5.99. The lowest BCUT2D eigenvalue weighted by Crippen LogP contribution is -2.05. The molecule has 0 atom stereocenters. The summed E-state index contributed by atoms with van der Waals surface area (Å²) in [5.74, 6) is 0.877. The largest absolute Gasteiger partial charge is 0.256 e. The number of nitrogens with zero attached hydrogens (tertiary/aromatic N) is 6. The zero-order valence-electron chi connectivity index (χ0n) is 11.4. The van der Waals surface area contributed by atoms with Gasteiger partial charge in [0.25, 0.3) is 5.95 Å². The van der Waals surface area contributed by atoms with Crippen LogP contribution in [0.3, 0.4) is 0 Å². The molecule has 6 nitrogen and oxygen atoms in total. The van der Waals surface area contributed by atoms with Crippen molar-refractivity contribution < 1.29 is 0 Å². The van der Waals surface area contributed by atoms with Crippen LogP contribution in [0.15, 0.2) is 36.9 Å². The average molecular weight is 301 g/mol. The number of hydrogen-bond donors (Lipinski definition) is 0. The molecule has 3 rings (SSSR count). The van der Waals surface area contributed by atoms with Crippen molar-refractivity contribution in [3.05, 3.63) is 47.8 Å². The highest BCUT2D eigenvalue weighted by Gasteiger charge is 2.09. The molecule has 0 saturated carbocycles. The highest BCUT2D eigenvalue weighted by atomic mass is 35.5. The molecule has 0 aliphatic heterocycles. The van der Waals surface area contributed by atoms with Crippen LogP contribution in [0.1, 0.15) is 18.9 Å². The molecule has 21 heavy (non-hydrogen) atoms. The van der Waals surface area contributed by atoms with Gasteiger partial charge in [0.2, 0.25) is 5.28 Å². The van der Waals surface area contributed by atoms with Crippen molar-refractivity contribution in [3.63, 3.8) is 0 Å². The summed E-state index contributed by atoms with van der Waals surface area (Å²) in [6, 6.07) is 8.11. The minimum Gasteiger partial charge on any atom is -0.223 e. The average Bonchev–Trinajstić information content (AvgIpc) is 3.01. The first-order valence-electron chi connectivity index (χ1n) is 6.62. The SMILES string of the molecule is CCCc1cccc(-c2nc(Cl)nc(-n3cncn3)n2)c1. The summed E-state index contributed by atoms with van der Waals surface area (Å²) in [5.41, 5.74) is 2.15. The molecule has 0 N–H and O–H groups in total. The number of rotatable bonds is 4. The van der Waals surface area contributed by atoms with E-state index in [9.17, 15) is 0 Å². The van der Waals surface area contributed by atoms with Crippen molar-refractivity contribution in [3.8, 4) is 17.3 Å². The Kier molecular flexibility index (Phi) is 3.87. The van der Waals surface area contributed by atoms with E-state index in [1.54, 1.807) is 0 Å². The standard InChI is InChI=1S/C14H13ClN6/c1-2-4-10-5-3-6-11(7-10)12-18-13(15)20-14(19-12)21-9-16-8-17-21/h3,5-9H,2,4H2,1H3. The van der Waals surface area contributed by atoms with Gasteiger partial charge in [-0.3, -0.25) is 0 Å². The molecule has 3 aromatic rings. The third-order valence-corrected chi connectivity index (χ3v) is 3.11. The third-order valence-electron chi connectivity index (χ3n) is 2.94. The Morgan fingerprint density at radius 2 is 2.10 bits per heavy atom. The molecule has 0 unspecified atom stereocenters. The molecule has 0 aliphatic carbocycles. The second kappa shape index (κ2) is 5.97. The zero-order valence-corrected chi connectivity index (χ0v) is 12.2.